The Hall–Kier alpha value is -3.82. The molecule has 1 atom stereocenters. The van der Waals surface area contributed by atoms with E-state index in [0.717, 1.165) is 49.5 Å². The van der Waals surface area contributed by atoms with Gasteiger partial charge in [-0.2, -0.15) is 5.10 Å². The summed E-state index contributed by atoms with van der Waals surface area (Å²) >= 11 is 0. The number of hydrogen-bond acceptors (Lipinski definition) is 8. The van der Waals surface area contributed by atoms with E-state index in [9.17, 15) is 9.59 Å². The maximum absolute atomic E-state index is 13.3. The topological polar surface area (TPSA) is 100 Å². The van der Waals surface area contributed by atoms with Gasteiger partial charge in [-0.1, -0.05) is 0 Å². The number of hydrogen-bond donors (Lipinski definition) is 0. The first-order valence-corrected chi connectivity index (χ1v) is 11.7. The van der Waals surface area contributed by atoms with Crippen molar-refractivity contribution in [2.24, 2.45) is 5.92 Å². The zero-order valence-corrected chi connectivity index (χ0v) is 19.2. The maximum Gasteiger partial charge on any atom is 0.227 e. The van der Waals surface area contributed by atoms with Gasteiger partial charge in [-0.25, -0.2) is 19.6 Å². The molecule has 2 aromatic heterocycles. The van der Waals surface area contributed by atoms with Gasteiger partial charge in [0.05, 0.1) is 5.92 Å². The predicted molar refractivity (Wildman–Crippen MR) is 127 cm³/mol. The Morgan fingerprint density at radius 2 is 1.68 bits per heavy atom. The van der Waals surface area contributed by atoms with Crippen LogP contribution in [0.4, 0.5) is 11.5 Å². The number of nitrogens with zero attached hydrogens (tertiary/aromatic N) is 8. The van der Waals surface area contributed by atoms with Gasteiger partial charge in [0.25, 0.3) is 0 Å². The number of aromatic nitrogens is 5. The van der Waals surface area contributed by atoms with Gasteiger partial charge >= 0.3 is 0 Å². The van der Waals surface area contributed by atoms with Gasteiger partial charge in [-0.15, -0.1) is 0 Å². The summed E-state index contributed by atoms with van der Waals surface area (Å²) in [6.07, 6.45) is 6.44. The number of carbonyl (C=O) groups is 2. The lowest BCUT2D eigenvalue weighted by Gasteiger charge is -2.40. The molecule has 1 aromatic carbocycles. The van der Waals surface area contributed by atoms with Crippen molar-refractivity contribution in [3.63, 3.8) is 0 Å². The van der Waals surface area contributed by atoms with Gasteiger partial charge < -0.3 is 14.7 Å². The van der Waals surface area contributed by atoms with Gasteiger partial charge in [0.15, 0.2) is 11.6 Å². The highest BCUT2D eigenvalue weighted by Gasteiger charge is 2.31. The van der Waals surface area contributed by atoms with Crippen molar-refractivity contribution < 1.29 is 9.59 Å². The van der Waals surface area contributed by atoms with Gasteiger partial charge in [0.1, 0.15) is 24.8 Å². The molecular formula is C24H28N8O2. The highest BCUT2D eigenvalue weighted by atomic mass is 16.2. The third-order valence-corrected chi connectivity index (χ3v) is 6.62. The monoisotopic (exact) mass is 460 g/mol. The first kappa shape index (κ1) is 22.0. The smallest absolute Gasteiger partial charge is 0.227 e. The van der Waals surface area contributed by atoms with Crippen LogP contribution in [0.25, 0.3) is 5.82 Å². The number of amides is 1. The second-order valence-corrected chi connectivity index (χ2v) is 8.78. The Kier molecular flexibility index (Phi) is 6.20. The largest absolute Gasteiger partial charge is 0.368 e. The molecule has 0 spiro atoms. The SMILES string of the molecule is CC(=O)c1ccc(N2CCN(C(=O)C3CCCN(c4cc(-n5cncn5)ncn4)C3)CC2)cc1. The first-order chi connectivity index (χ1) is 16.6. The van der Waals surface area contributed by atoms with Crippen molar-refractivity contribution in [1.29, 1.82) is 0 Å². The third-order valence-electron chi connectivity index (χ3n) is 6.62. The average Bonchev–Trinajstić information content (AvgIpc) is 3.44. The lowest BCUT2D eigenvalue weighted by atomic mass is 9.96. The standard InChI is InChI=1S/C24H28N8O2/c1-18(33)19-4-6-21(7-5-19)29-9-11-30(12-10-29)24(34)20-3-2-8-31(14-20)22-13-23(27-16-26-22)32-17-25-15-28-32/h4-7,13,15-17,20H,2-3,8-12,14H2,1H3. The molecule has 10 heteroatoms. The Bertz CT molecular complexity index is 1140. The summed E-state index contributed by atoms with van der Waals surface area (Å²) in [6.45, 7) is 6.07. The molecule has 0 radical (unpaired) electrons. The molecule has 176 valence electrons. The van der Waals surface area contributed by atoms with Crippen molar-refractivity contribution in [2.45, 2.75) is 19.8 Å². The summed E-state index contributed by atoms with van der Waals surface area (Å²) in [7, 11) is 0. The number of anilines is 2. The van der Waals surface area contributed by atoms with Crippen molar-refractivity contribution in [3.05, 3.63) is 54.9 Å². The van der Waals surface area contributed by atoms with Crippen LogP contribution in [0, 0.1) is 5.92 Å². The number of benzene rings is 1. The van der Waals surface area contributed by atoms with Gasteiger partial charge in [-0.05, 0) is 44.0 Å². The molecule has 0 saturated carbocycles. The Labute approximate surface area is 198 Å². The van der Waals surface area contributed by atoms with E-state index >= 15 is 0 Å². The average molecular weight is 461 g/mol. The summed E-state index contributed by atoms with van der Waals surface area (Å²) in [5.41, 5.74) is 1.81. The fraction of sp³-hybridized carbons (Fsp3) is 0.417. The lowest BCUT2D eigenvalue weighted by Crippen LogP contribution is -2.52. The Morgan fingerprint density at radius 1 is 0.912 bits per heavy atom. The van der Waals surface area contributed by atoms with Crippen molar-refractivity contribution in [1.82, 2.24) is 29.6 Å². The summed E-state index contributed by atoms with van der Waals surface area (Å²) in [5, 5.41) is 4.13. The van der Waals surface area contributed by atoms with Crippen LogP contribution >= 0.6 is 0 Å². The van der Waals surface area contributed by atoms with E-state index in [1.165, 1.54) is 12.7 Å². The number of Topliss-reactive ketones (excluding diaryl/α,β-unsaturated/α-hetero) is 1. The number of piperidine rings is 1. The van der Waals surface area contributed by atoms with E-state index in [1.807, 2.05) is 35.2 Å². The van der Waals surface area contributed by atoms with Gasteiger partial charge in [0, 0.05) is 56.6 Å². The molecule has 5 rings (SSSR count). The first-order valence-electron chi connectivity index (χ1n) is 11.7. The highest BCUT2D eigenvalue weighted by Crippen LogP contribution is 2.25. The molecule has 1 unspecified atom stereocenters. The molecule has 2 aliphatic rings. The molecule has 2 aliphatic heterocycles. The molecule has 0 aliphatic carbocycles. The number of carbonyl (C=O) groups excluding carboxylic acids is 2. The molecule has 0 N–H and O–H groups in total. The van der Waals surface area contributed by atoms with Crippen molar-refractivity contribution in [2.75, 3.05) is 49.1 Å². The van der Waals surface area contributed by atoms with E-state index in [4.69, 9.17) is 0 Å². The van der Waals surface area contributed by atoms with Gasteiger partial charge in [-0.3, -0.25) is 9.59 Å². The molecule has 2 fully saturated rings. The quantitative estimate of drug-likeness (QED) is 0.532. The minimum atomic E-state index is -0.0417. The highest BCUT2D eigenvalue weighted by molar-refractivity contribution is 5.94. The van der Waals surface area contributed by atoms with E-state index in [1.54, 1.807) is 17.9 Å². The normalized spacial score (nSPS) is 18.7. The lowest BCUT2D eigenvalue weighted by molar-refractivity contribution is -0.136. The molecule has 1 amide bonds. The van der Waals surface area contributed by atoms with E-state index in [2.05, 4.69) is 29.9 Å². The fourth-order valence-electron chi connectivity index (χ4n) is 4.70. The van der Waals surface area contributed by atoms with Crippen LogP contribution in [0.15, 0.2) is 49.3 Å². The minimum Gasteiger partial charge on any atom is -0.368 e. The fourth-order valence-corrected chi connectivity index (χ4v) is 4.70. The minimum absolute atomic E-state index is 0.0417. The van der Waals surface area contributed by atoms with Crippen LogP contribution in [0.5, 0.6) is 0 Å². The van der Waals surface area contributed by atoms with Crippen LogP contribution < -0.4 is 9.80 Å². The van der Waals surface area contributed by atoms with E-state index in [0.29, 0.717) is 25.5 Å². The van der Waals surface area contributed by atoms with E-state index < -0.39 is 0 Å². The number of rotatable bonds is 5. The zero-order valence-electron chi connectivity index (χ0n) is 19.2. The van der Waals surface area contributed by atoms with Crippen LogP contribution in [-0.4, -0.2) is 80.6 Å². The predicted octanol–water partition coefficient (Wildman–Crippen LogP) is 1.83. The zero-order chi connectivity index (χ0) is 23.5. The van der Waals surface area contributed by atoms with Gasteiger partial charge in [0.2, 0.25) is 5.91 Å². The molecule has 10 nitrogen and oxygen atoms in total. The summed E-state index contributed by atoms with van der Waals surface area (Å²) in [5.74, 6) is 1.71. The third kappa shape index (κ3) is 4.61. The molecular weight excluding hydrogens is 432 g/mol. The molecule has 4 heterocycles. The second kappa shape index (κ2) is 9.58. The Morgan fingerprint density at radius 3 is 2.38 bits per heavy atom. The molecule has 34 heavy (non-hydrogen) atoms. The van der Waals surface area contributed by atoms with Crippen LogP contribution in [0.1, 0.15) is 30.1 Å². The second-order valence-electron chi connectivity index (χ2n) is 8.78. The molecule has 2 saturated heterocycles. The molecule has 0 bridgehead atoms. The summed E-state index contributed by atoms with van der Waals surface area (Å²) in [6, 6.07) is 9.60. The Balaban J connectivity index is 1.19. The summed E-state index contributed by atoms with van der Waals surface area (Å²) in [4.78, 5) is 44.0. The van der Waals surface area contributed by atoms with Crippen molar-refractivity contribution in [3.8, 4) is 5.82 Å². The maximum atomic E-state index is 13.3. The van der Waals surface area contributed by atoms with Crippen LogP contribution in [0.3, 0.4) is 0 Å². The van der Waals surface area contributed by atoms with Crippen LogP contribution in [-0.2, 0) is 4.79 Å². The van der Waals surface area contributed by atoms with Crippen LogP contribution in [0.2, 0.25) is 0 Å². The summed E-state index contributed by atoms with van der Waals surface area (Å²) < 4.78 is 1.60. The number of ketones is 1. The molecule has 3 aromatic rings. The van der Waals surface area contributed by atoms with Crippen molar-refractivity contribution >= 4 is 23.2 Å². The number of piperazine rings is 1. The van der Waals surface area contributed by atoms with E-state index in [-0.39, 0.29) is 17.6 Å².